The number of nitrogens with one attached hydrogen (secondary N) is 1. The van der Waals surface area contributed by atoms with E-state index in [2.05, 4.69) is 10.1 Å². The molecule has 0 atom stereocenters. The fourth-order valence-corrected chi connectivity index (χ4v) is 2.74. The number of urea groups is 1. The number of amides is 3. The lowest BCUT2D eigenvalue weighted by molar-refractivity contribution is -0.385. The van der Waals surface area contributed by atoms with Gasteiger partial charge in [-0.15, -0.1) is 0 Å². The third-order valence-electron chi connectivity index (χ3n) is 4.17. The monoisotopic (exact) mass is 445 g/mol. The number of carboxylic acids is 1. The predicted molar refractivity (Wildman–Crippen MR) is 103 cm³/mol. The van der Waals surface area contributed by atoms with Crippen LogP contribution < -0.4 is 10.1 Å². The van der Waals surface area contributed by atoms with E-state index in [1.54, 1.807) is 0 Å². The number of ether oxygens (including phenoxy) is 2. The fourth-order valence-electron chi connectivity index (χ4n) is 2.74. The zero-order chi connectivity index (χ0) is 23.4. The normalized spacial score (nSPS) is 14.4. The topological polar surface area (TPSA) is 179 Å². The molecule has 1 saturated heterocycles. The summed E-state index contributed by atoms with van der Waals surface area (Å²) < 4.78 is 14.6. The van der Waals surface area contributed by atoms with Gasteiger partial charge in [-0.1, -0.05) is 6.07 Å². The van der Waals surface area contributed by atoms with E-state index >= 15 is 0 Å². The van der Waals surface area contributed by atoms with Crippen LogP contribution in [0.4, 0.5) is 10.5 Å². The second-order valence-corrected chi connectivity index (χ2v) is 6.30. The van der Waals surface area contributed by atoms with Crippen LogP contribution in [0.15, 0.2) is 40.4 Å². The number of aliphatic carboxylic acids is 1. The quantitative estimate of drug-likeness (QED) is 0.199. The van der Waals surface area contributed by atoms with Crippen LogP contribution in [0.1, 0.15) is 21.9 Å². The number of hydrogen-bond acceptors (Lipinski definition) is 9. The SMILES string of the molecule is COC(=O)c1ccc(CN2C(=O)N/C(=C\c3ccc(OCC(=O)O)c([N+](=O)[O-])c3)C2=O)o1. The van der Waals surface area contributed by atoms with E-state index in [0.717, 1.165) is 11.0 Å². The molecular weight excluding hydrogens is 430 g/mol. The number of carbonyl (C=O) groups excluding carboxylic acids is 3. The van der Waals surface area contributed by atoms with Gasteiger partial charge in [0.05, 0.1) is 18.6 Å². The molecule has 166 valence electrons. The molecular formula is C19H15N3O10. The Morgan fingerprint density at radius 3 is 2.69 bits per heavy atom. The molecule has 2 N–H and O–H groups in total. The lowest BCUT2D eigenvalue weighted by Crippen LogP contribution is -2.30. The van der Waals surface area contributed by atoms with Crippen molar-refractivity contribution in [1.29, 1.82) is 0 Å². The highest BCUT2D eigenvalue weighted by Gasteiger charge is 2.34. The van der Waals surface area contributed by atoms with Crippen LogP contribution in [0.3, 0.4) is 0 Å². The molecule has 1 aromatic carbocycles. The summed E-state index contributed by atoms with van der Waals surface area (Å²) in [7, 11) is 1.17. The molecule has 0 saturated carbocycles. The van der Waals surface area contributed by atoms with Crippen molar-refractivity contribution >= 4 is 35.6 Å². The van der Waals surface area contributed by atoms with Gasteiger partial charge in [0.2, 0.25) is 5.76 Å². The van der Waals surface area contributed by atoms with Crippen LogP contribution in [0.2, 0.25) is 0 Å². The first-order valence-electron chi connectivity index (χ1n) is 8.84. The van der Waals surface area contributed by atoms with Crippen molar-refractivity contribution in [3.05, 3.63) is 63.2 Å². The molecule has 0 bridgehead atoms. The van der Waals surface area contributed by atoms with Gasteiger partial charge in [0.15, 0.2) is 12.4 Å². The molecule has 0 aliphatic carbocycles. The highest BCUT2D eigenvalue weighted by Crippen LogP contribution is 2.29. The van der Waals surface area contributed by atoms with E-state index in [4.69, 9.17) is 14.3 Å². The summed E-state index contributed by atoms with van der Waals surface area (Å²) in [6, 6.07) is 5.60. The standard InChI is InChI=1S/C19H15N3O10/c1-30-18(26)15-5-3-11(32-15)8-21-17(25)12(20-19(21)27)6-10-2-4-14(31-9-16(23)24)13(7-10)22(28)29/h2-7H,8-9H2,1H3,(H,20,27)(H,23,24)/b12-6-. The largest absolute Gasteiger partial charge is 0.479 e. The van der Waals surface area contributed by atoms with Gasteiger partial charge in [0.25, 0.3) is 5.91 Å². The number of nitrogens with zero attached hydrogens (tertiary/aromatic N) is 2. The van der Waals surface area contributed by atoms with Crippen molar-refractivity contribution in [2.45, 2.75) is 6.54 Å². The number of rotatable bonds is 8. The van der Waals surface area contributed by atoms with E-state index in [1.165, 1.54) is 37.5 Å². The van der Waals surface area contributed by atoms with Gasteiger partial charge >= 0.3 is 23.7 Å². The molecule has 1 aromatic heterocycles. The van der Waals surface area contributed by atoms with E-state index in [-0.39, 0.29) is 35.1 Å². The maximum Gasteiger partial charge on any atom is 0.373 e. The Balaban J connectivity index is 1.80. The van der Waals surface area contributed by atoms with Crippen LogP contribution in [-0.2, 0) is 20.9 Å². The number of nitro benzene ring substituents is 1. The molecule has 13 heteroatoms. The van der Waals surface area contributed by atoms with Crippen molar-refractivity contribution in [2.24, 2.45) is 0 Å². The maximum absolute atomic E-state index is 12.6. The third kappa shape index (κ3) is 4.72. The highest BCUT2D eigenvalue weighted by molar-refractivity contribution is 6.13. The molecule has 1 aliphatic heterocycles. The van der Waals surface area contributed by atoms with Crippen LogP contribution in [0.25, 0.3) is 6.08 Å². The van der Waals surface area contributed by atoms with Gasteiger partial charge in [-0.05, 0) is 29.8 Å². The number of imide groups is 1. The van der Waals surface area contributed by atoms with Crippen LogP contribution in [0.5, 0.6) is 5.75 Å². The van der Waals surface area contributed by atoms with E-state index in [1.807, 2.05) is 0 Å². The summed E-state index contributed by atoms with van der Waals surface area (Å²) in [5, 5.41) is 22.3. The smallest absolute Gasteiger partial charge is 0.373 e. The van der Waals surface area contributed by atoms with Gasteiger partial charge in [-0.25, -0.2) is 14.4 Å². The summed E-state index contributed by atoms with van der Waals surface area (Å²) in [5.41, 5.74) is -0.473. The van der Waals surface area contributed by atoms with Gasteiger partial charge in [0.1, 0.15) is 11.5 Å². The lowest BCUT2D eigenvalue weighted by atomic mass is 10.1. The van der Waals surface area contributed by atoms with Crippen molar-refractivity contribution in [3.63, 3.8) is 0 Å². The molecule has 13 nitrogen and oxygen atoms in total. The minimum Gasteiger partial charge on any atom is -0.479 e. The minimum absolute atomic E-state index is 0.0946. The summed E-state index contributed by atoms with van der Waals surface area (Å²) in [6.45, 7) is -1.03. The fraction of sp³-hybridized carbons (Fsp3) is 0.158. The van der Waals surface area contributed by atoms with Crippen molar-refractivity contribution in [1.82, 2.24) is 10.2 Å². The average molecular weight is 445 g/mol. The van der Waals surface area contributed by atoms with Gasteiger partial charge in [0, 0.05) is 6.07 Å². The molecule has 0 radical (unpaired) electrons. The predicted octanol–water partition coefficient (Wildman–Crippen LogP) is 1.53. The summed E-state index contributed by atoms with van der Waals surface area (Å²) in [4.78, 5) is 58.2. The van der Waals surface area contributed by atoms with Crippen LogP contribution >= 0.6 is 0 Å². The lowest BCUT2D eigenvalue weighted by Gasteiger charge is -2.09. The van der Waals surface area contributed by atoms with Gasteiger partial charge in [-0.3, -0.25) is 19.8 Å². The first kappa shape index (κ1) is 22.0. The molecule has 0 spiro atoms. The average Bonchev–Trinajstić information content (AvgIpc) is 3.32. The molecule has 0 unspecified atom stereocenters. The highest BCUT2D eigenvalue weighted by atomic mass is 16.6. The Morgan fingerprint density at radius 1 is 1.28 bits per heavy atom. The Hall–Kier alpha value is -4.68. The van der Waals surface area contributed by atoms with E-state index in [9.17, 15) is 29.3 Å². The van der Waals surface area contributed by atoms with E-state index in [0.29, 0.717) is 0 Å². The van der Waals surface area contributed by atoms with Gasteiger partial charge < -0.3 is 24.3 Å². The first-order chi connectivity index (χ1) is 15.2. The number of carboxylic acid groups (broad SMARTS) is 1. The molecule has 2 aromatic rings. The second-order valence-electron chi connectivity index (χ2n) is 6.30. The number of methoxy groups -OCH3 is 1. The summed E-state index contributed by atoms with van der Waals surface area (Å²) >= 11 is 0. The second kappa shape index (κ2) is 8.99. The molecule has 3 rings (SSSR count). The Labute approximate surface area is 179 Å². The Kier molecular flexibility index (Phi) is 6.19. The summed E-state index contributed by atoms with van der Waals surface area (Å²) in [5.74, 6) is -2.94. The molecule has 3 amide bonds. The maximum atomic E-state index is 12.6. The first-order valence-corrected chi connectivity index (χ1v) is 8.84. The van der Waals surface area contributed by atoms with Crippen LogP contribution in [-0.4, -0.2) is 52.5 Å². The number of esters is 1. The molecule has 2 heterocycles. The number of hydrogen-bond donors (Lipinski definition) is 2. The van der Waals surface area contributed by atoms with Gasteiger partial charge in [-0.2, -0.15) is 0 Å². The third-order valence-corrected chi connectivity index (χ3v) is 4.17. The van der Waals surface area contributed by atoms with Crippen molar-refractivity contribution in [2.75, 3.05) is 13.7 Å². The molecule has 32 heavy (non-hydrogen) atoms. The zero-order valence-electron chi connectivity index (χ0n) is 16.4. The minimum atomic E-state index is -1.31. The van der Waals surface area contributed by atoms with Crippen molar-refractivity contribution in [3.8, 4) is 5.75 Å². The molecule has 1 aliphatic rings. The number of nitro groups is 1. The number of benzene rings is 1. The number of furan rings is 1. The van der Waals surface area contributed by atoms with Crippen molar-refractivity contribution < 1.29 is 43.1 Å². The molecule has 1 fully saturated rings. The Morgan fingerprint density at radius 2 is 2.03 bits per heavy atom. The van der Waals surface area contributed by atoms with Crippen LogP contribution in [0, 0.1) is 10.1 Å². The van der Waals surface area contributed by atoms with E-state index < -0.39 is 41.1 Å². The number of carbonyl (C=O) groups is 4. The zero-order valence-corrected chi connectivity index (χ0v) is 16.4. The Bertz CT molecular complexity index is 1150. The summed E-state index contributed by atoms with van der Waals surface area (Å²) in [6.07, 6.45) is 1.22.